The zero-order valence-electron chi connectivity index (χ0n) is 13.5. The number of benzene rings is 2. The second-order valence-electron chi connectivity index (χ2n) is 5.36. The van der Waals surface area contributed by atoms with Crippen molar-refractivity contribution in [2.45, 2.75) is 19.1 Å². The molecule has 0 spiro atoms. The molecule has 0 unspecified atom stereocenters. The Kier molecular flexibility index (Phi) is 6.70. The number of rotatable bonds is 6. The van der Waals surface area contributed by atoms with Crippen LogP contribution >= 0.6 is 23.4 Å². The highest BCUT2D eigenvalue weighted by Crippen LogP contribution is 2.17. The second-order valence-corrected chi connectivity index (χ2v) is 7.13. The van der Waals surface area contributed by atoms with Crippen molar-refractivity contribution in [3.05, 3.63) is 59.1 Å². The van der Waals surface area contributed by atoms with Crippen molar-refractivity contribution < 1.29 is 9.59 Å². The molecule has 0 aliphatic heterocycles. The third-order valence-corrected chi connectivity index (χ3v) is 4.68. The summed E-state index contributed by atoms with van der Waals surface area (Å²) in [5.74, 6) is -0.0660. The minimum atomic E-state index is -0.343. The summed E-state index contributed by atoms with van der Waals surface area (Å²) in [4.78, 5) is 24.1. The van der Waals surface area contributed by atoms with Crippen LogP contribution in [0.4, 0.5) is 11.4 Å². The third-order valence-electron chi connectivity index (χ3n) is 3.28. The monoisotopic (exact) mass is 362 g/mol. The number of halogens is 1. The van der Waals surface area contributed by atoms with E-state index >= 15 is 0 Å². The van der Waals surface area contributed by atoms with Gasteiger partial charge in [-0.1, -0.05) is 29.3 Å². The molecular formula is C18H19ClN2O2S. The van der Waals surface area contributed by atoms with Crippen LogP contribution in [-0.2, 0) is 9.59 Å². The van der Waals surface area contributed by atoms with Gasteiger partial charge in [0.2, 0.25) is 11.8 Å². The first kappa shape index (κ1) is 18.4. The van der Waals surface area contributed by atoms with E-state index in [2.05, 4.69) is 10.6 Å². The van der Waals surface area contributed by atoms with Gasteiger partial charge in [0.15, 0.2) is 0 Å². The zero-order valence-corrected chi connectivity index (χ0v) is 15.1. The van der Waals surface area contributed by atoms with Gasteiger partial charge in [-0.05, 0) is 50.2 Å². The maximum absolute atomic E-state index is 12.1. The number of nitrogens with one attached hydrogen (secondary N) is 2. The maximum Gasteiger partial charge on any atom is 0.237 e. The van der Waals surface area contributed by atoms with E-state index in [-0.39, 0.29) is 22.8 Å². The second kappa shape index (κ2) is 8.76. The fourth-order valence-electron chi connectivity index (χ4n) is 1.89. The Morgan fingerprint density at radius 3 is 2.17 bits per heavy atom. The first-order valence-electron chi connectivity index (χ1n) is 7.48. The predicted octanol–water partition coefficient (Wildman–Crippen LogP) is 4.35. The molecule has 0 aromatic heterocycles. The van der Waals surface area contributed by atoms with Gasteiger partial charge in [0.05, 0.1) is 11.0 Å². The van der Waals surface area contributed by atoms with Gasteiger partial charge in [-0.3, -0.25) is 9.59 Å². The van der Waals surface area contributed by atoms with Gasteiger partial charge in [0, 0.05) is 16.4 Å². The summed E-state index contributed by atoms with van der Waals surface area (Å²) in [6.45, 7) is 3.76. The van der Waals surface area contributed by atoms with Gasteiger partial charge in [0.1, 0.15) is 0 Å². The Balaban J connectivity index is 1.77. The largest absolute Gasteiger partial charge is 0.325 e. The van der Waals surface area contributed by atoms with Crippen LogP contribution in [0.15, 0.2) is 48.5 Å². The van der Waals surface area contributed by atoms with Crippen molar-refractivity contribution in [1.29, 1.82) is 0 Å². The molecule has 0 fully saturated rings. The maximum atomic E-state index is 12.1. The van der Waals surface area contributed by atoms with Gasteiger partial charge in [-0.2, -0.15) is 0 Å². The lowest BCUT2D eigenvalue weighted by atomic mass is 10.2. The lowest BCUT2D eigenvalue weighted by Gasteiger charge is -2.12. The molecule has 2 aromatic rings. The van der Waals surface area contributed by atoms with E-state index in [1.807, 2.05) is 31.2 Å². The van der Waals surface area contributed by atoms with Gasteiger partial charge in [-0.15, -0.1) is 11.8 Å². The van der Waals surface area contributed by atoms with E-state index < -0.39 is 0 Å². The van der Waals surface area contributed by atoms with Crippen LogP contribution in [0.3, 0.4) is 0 Å². The van der Waals surface area contributed by atoms with Crippen LogP contribution in [0.2, 0.25) is 5.02 Å². The molecule has 0 aliphatic rings. The molecule has 4 nitrogen and oxygen atoms in total. The molecular weight excluding hydrogens is 344 g/mol. The summed E-state index contributed by atoms with van der Waals surface area (Å²) in [7, 11) is 0. The number of carbonyl (C=O) groups is 2. The van der Waals surface area contributed by atoms with Crippen LogP contribution in [0, 0.1) is 6.92 Å². The molecule has 0 aliphatic carbocycles. The Labute approximate surface area is 151 Å². The van der Waals surface area contributed by atoms with Crippen molar-refractivity contribution in [3.63, 3.8) is 0 Å². The van der Waals surface area contributed by atoms with Crippen molar-refractivity contribution in [2.24, 2.45) is 0 Å². The summed E-state index contributed by atoms with van der Waals surface area (Å²) >= 11 is 7.10. The number of anilines is 2. The predicted molar refractivity (Wildman–Crippen MR) is 102 cm³/mol. The standard InChI is InChI=1S/C18H19ClN2O2S/c1-12-3-7-15(8-4-12)20-17(22)11-24-13(2)18(23)21-16-9-5-14(19)6-10-16/h3-10,13H,11H2,1-2H3,(H,20,22)(H,21,23)/t13-/m1/s1. The molecule has 0 heterocycles. The number of amides is 2. The molecule has 0 saturated carbocycles. The van der Waals surface area contributed by atoms with Crippen molar-refractivity contribution in [1.82, 2.24) is 0 Å². The van der Waals surface area contributed by atoms with Crippen LogP contribution in [0.1, 0.15) is 12.5 Å². The smallest absolute Gasteiger partial charge is 0.237 e. The summed E-state index contributed by atoms with van der Waals surface area (Å²) in [5.41, 5.74) is 2.57. The summed E-state index contributed by atoms with van der Waals surface area (Å²) in [6, 6.07) is 14.5. The Hall–Kier alpha value is -1.98. The quantitative estimate of drug-likeness (QED) is 0.803. The summed E-state index contributed by atoms with van der Waals surface area (Å²) < 4.78 is 0. The molecule has 2 N–H and O–H groups in total. The lowest BCUT2D eigenvalue weighted by Crippen LogP contribution is -2.25. The average molecular weight is 363 g/mol. The SMILES string of the molecule is Cc1ccc(NC(=O)CS[C@H](C)C(=O)Nc2ccc(Cl)cc2)cc1. The molecule has 2 rings (SSSR count). The van der Waals surface area contributed by atoms with E-state index in [1.54, 1.807) is 31.2 Å². The van der Waals surface area contributed by atoms with Crippen molar-refractivity contribution in [3.8, 4) is 0 Å². The lowest BCUT2D eigenvalue weighted by molar-refractivity contribution is -0.115. The molecule has 0 radical (unpaired) electrons. The van der Waals surface area contributed by atoms with E-state index in [1.165, 1.54) is 11.8 Å². The molecule has 24 heavy (non-hydrogen) atoms. The van der Waals surface area contributed by atoms with Crippen molar-refractivity contribution >= 4 is 46.6 Å². The first-order valence-corrected chi connectivity index (χ1v) is 8.91. The number of hydrogen-bond donors (Lipinski definition) is 2. The Morgan fingerprint density at radius 2 is 1.54 bits per heavy atom. The van der Waals surface area contributed by atoms with E-state index in [0.29, 0.717) is 10.7 Å². The van der Waals surface area contributed by atoms with Gasteiger partial charge >= 0.3 is 0 Å². The van der Waals surface area contributed by atoms with E-state index in [0.717, 1.165) is 11.3 Å². The number of hydrogen-bond acceptors (Lipinski definition) is 3. The van der Waals surface area contributed by atoms with Crippen LogP contribution < -0.4 is 10.6 Å². The molecule has 0 saturated heterocycles. The summed E-state index contributed by atoms with van der Waals surface area (Å²) in [6.07, 6.45) is 0. The first-order chi connectivity index (χ1) is 11.4. The topological polar surface area (TPSA) is 58.2 Å². The molecule has 2 aromatic carbocycles. The highest BCUT2D eigenvalue weighted by Gasteiger charge is 2.15. The zero-order chi connectivity index (χ0) is 17.5. The van der Waals surface area contributed by atoms with E-state index in [4.69, 9.17) is 11.6 Å². The van der Waals surface area contributed by atoms with E-state index in [9.17, 15) is 9.59 Å². The number of carbonyl (C=O) groups excluding carboxylic acids is 2. The van der Waals surface area contributed by atoms with Crippen LogP contribution in [0.5, 0.6) is 0 Å². The fraction of sp³-hybridized carbons (Fsp3) is 0.222. The van der Waals surface area contributed by atoms with Gasteiger partial charge in [0.25, 0.3) is 0 Å². The van der Waals surface area contributed by atoms with Crippen LogP contribution in [0.25, 0.3) is 0 Å². The minimum Gasteiger partial charge on any atom is -0.325 e. The number of aryl methyl sites for hydroxylation is 1. The van der Waals surface area contributed by atoms with Crippen molar-refractivity contribution in [2.75, 3.05) is 16.4 Å². The van der Waals surface area contributed by atoms with Gasteiger partial charge < -0.3 is 10.6 Å². The molecule has 126 valence electrons. The molecule has 0 bridgehead atoms. The molecule has 2 amide bonds. The fourth-order valence-corrected chi connectivity index (χ4v) is 2.70. The highest BCUT2D eigenvalue weighted by molar-refractivity contribution is 8.01. The Morgan fingerprint density at radius 1 is 1.00 bits per heavy atom. The third kappa shape index (κ3) is 5.91. The Bertz CT molecular complexity index is 702. The normalized spacial score (nSPS) is 11.6. The minimum absolute atomic E-state index is 0.130. The number of thioether (sulfide) groups is 1. The van der Waals surface area contributed by atoms with Gasteiger partial charge in [-0.25, -0.2) is 0 Å². The summed E-state index contributed by atoms with van der Waals surface area (Å²) in [5, 5.41) is 5.88. The molecule has 6 heteroatoms. The van der Waals surface area contributed by atoms with Crippen LogP contribution in [-0.4, -0.2) is 22.8 Å². The highest BCUT2D eigenvalue weighted by atomic mass is 35.5. The molecule has 1 atom stereocenters. The average Bonchev–Trinajstić information content (AvgIpc) is 2.57.